The average Bonchev–Trinajstić information content (AvgIpc) is 1.92. The first-order chi connectivity index (χ1) is 6.09. The second kappa shape index (κ2) is 3.27. The van der Waals surface area contributed by atoms with Crippen LogP contribution in [0.3, 0.4) is 0 Å². The molecular weight excluding hydrogens is 160 g/mol. The van der Waals surface area contributed by atoms with Crippen molar-refractivity contribution in [2.45, 2.75) is 64.6 Å². The first-order valence-electron chi connectivity index (χ1n) is 5.77. The van der Waals surface area contributed by atoms with E-state index in [-0.39, 0.29) is 5.60 Å². The summed E-state index contributed by atoms with van der Waals surface area (Å²) < 4.78 is 5.95. The van der Waals surface area contributed by atoms with Crippen molar-refractivity contribution in [3.63, 3.8) is 0 Å². The Balaban J connectivity index is 1.93. The topological polar surface area (TPSA) is 9.23 Å². The zero-order valence-electron chi connectivity index (χ0n) is 9.18. The molecule has 1 heteroatoms. The molecular formula is C12H22O. The largest absolute Gasteiger partial charge is 0.372 e. The highest BCUT2D eigenvalue weighted by atomic mass is 16.5. The van der Waals surface area contributed by atoms with Crippen molar-refractivity contribution in [2.24, 2.45) is 11.8 Å². The van der Waals surface area contributed by atoms with Gasteiger partial charge in [-0.15, -0.1) is 0 Å². The van der Waals surface area contributed by atoms with E-state index in [0.717, 1.165) is 11.8 Å². The molecule has 0 radical (unpaired) electrons. The highest BCUT2D eigenvalue weighted by Gasteiger charge is 2.43. The fourth-order valence-electron chi connectivity index (χ4n) is 2.97. The Kier molecular flexibility index (Phi) is 2.39. The molecule has 0 aromatic rings. The summed E-state index contributed by atoms with van der Waals surface area (Å²) in [5, 5.41) is 0. The molecule has 1 nitrogen and oxygen atoms in total. The van der Waals surface area contributed by atoms with E-state index in [1.165, 1.54) is 32.1 Å². The van der Waals surface area contributed by atoms with E-state index >= 15 is 0 Å². The van der Waals surface area contributed by atoms with Gasteiger partial charge in [-0.3, -0.25) is 0 Å². The molecule has 3 rings (SSSR count). The van der Waals surface area contributed by atoms with Gasteiger partial charge in [0.25, 0.3) is 0 Å². The zero-order valence-corrected chi connectivity index (χ0v) is 9.18. The number of rotatable bonds is 1. The van der Waals surface area contributed by atoms with Crippen molar-refractivity contribution in [1.29, 1.82) is 0 Å². The van der Waals surface area contributed by atoms with E-state index in [0.29, 0.717) is 6.10 Å². The Morgan fingerprint density at radius 2 is 2.08 bits per heavy atom. The molecule has 0 aromatic carbocycles. The predicted molar refractivity (Wildman–Crippen MR) is 54.7 cm³/mol. The van der Waals surface area contributed by atoms with E-state index in [4.69, 9.17) is 4.74 Å². The third kappa shape index (κ3) is 1.90. The normalized spacial score (nSPS) is 45.2. The van der Waals surface area contributed by atoms with Crippen molar-refractivity contribution < 1.29 is 4.74 Å². The van der Waals surface area contributed by atoms with Crippen LogP contribution in [0.5, 0.6) is 0 Å². The van der Waals surface area contributed by atoms with Gasteiger partial charge in [0, 0.05) is 6.42 Å². The molecule has 3 unspecified atom stereocenters. The molecule has 0 aromatic heterocycles. The molecule has 0 amide bonds. The Morgan fingerprint density at radius 1 is 1.38 bits per heavy atom. The highest BCUT2D eigenvalue weighted by Crippen LogP contribution is 2.44. The van der Waals surface area contributed by atoms with Gasteiger partial charge in [-0.1, -0.05) is 26.7 Å². The summed E-state index contributed by atoms with van der Waals surface area (Å²) in [7, 11) is 0. The average molecular weight is 182 g/mol. The summed E-state index contributed by atoms with van der Waals surface area (Å²) in [6.07, 6.45) is 7.30. The molecule has 2 saturated heterocycles. The Hall–Kier alpha value is -0.0400. The van der Waals surface area contributed by atoms with Crippen molar-refractivity contribution in [3.8, 4) is 0 Å². The van der Waals surface area contributed by atoms with Gasteiger partial charge in [0.15, 0.2) is 0 Å². The second-order valence-corrected chi connectivity index (χ2v) is 5.53. The summed E-state index contributed by atoms with van der Waals surface area (Å²) in [5.41, 5.74) is 0.270. The maximum Gasteiger partial charge on any atom is 0.0683 e. The van der Waals surface area contributed by atoms with Gasteiger partial charge in [0.1, 0.15) is 0 Å². The van der Waals surface area contributed by atoms with Gasteiger partial charge >= 0.3 is 0 Å². The van der Waals surface area contributed by atoms with Crippen molar-refractivity contribution in [3.05, 3.63) is 0 Å². The summed E-state index contributed by atoms with van der Waals surface area (Å²) >= 11 is 0. The molecule has 0 spiro atoms. The fraction of sp³-hybridized carbons (Fsp3) is 1.00. The smallest absolute Gasteiger partial charge is 0.0683 e. The third-order valence-corrected chi connectivity index (χ3v) is 3.90. The van der Waals surface area contributed by atoms with Crippen molar-refractivity contribution in [2.75, 3.05) is 0 Å². The van der Waals surface area contributed by atoms with Crippen LogP contribution in [-0.4, -0.2) is 11.7 Å². The minimum Gasteiger partial charge on any atom is -0.372 e. The van der Waals surface area contributed by atoms with E-state index in [1.807, 2.05) is 0 Å². The van der Waals surface area contributed by atoms with Crippen LogP contribution in [0, 0.1) is 11.8 Å². The van der Waals surface area contributed by atoms with Crippen LogP contribution in [0.25, 0.3) is 0 Å². The van der Waals surface area contributed by atoms with Crippen molar-refractivity contribution in [1.82, 2.24) is 0 Å². The highest BCUT2D eigenvalue weighted by molar-refractivity contribution is 4.93. The van der Waals surface area contributed by atoms with Crippen LogP contribution in [0.4, 0.5) is 0 Å². The van der Waals surface area contributed by atoms with Crippen molar-refractivity contribution >= 4 is 0 Å². The van der Waals surface area contributed by atoms with Gasteiger partial charge < -0.3 is 4.74 Å². The monoisotopic (exact) mass is 182 g/mol. The molecule has 1 aliphatic carbocycles. The molecule has 13 heavy (non-hydrogen) atoms. The summed E-state index contributed by atoms with van der Waals surface area (Å²) in [6, 6.07) is 0. The van der Waals surface area contributed by atoms with Gasteiger partial charge in [-0.2, -0.15) is 0 Å². The summed E-state index contributed by atoms with van der Waals surface area (Å²) in [4.78, 5) is 0. The molecule has 3 fully saturated rings. The minimum absolute atomic E-state index is 0.270. The molecule has 0 N–H and O–H groups in total. The maximum absolute atomic E-state index is 5.95. The van der Waals surface area contributed by atoms with E-state index < -0.39 is 0 Å². The van der Waals surface area contributed by atoms with E-state index in [9.17, 15) is 0 Å². The number of ether oxygens (including phenoxy) is 1. The number of hydrogen-bond donors (Lipinski definition) is 0. The molecule has 2 aliphatic heterocycles. The molecule has 2 bridgehead atoms. The predicted octanol–water partition coefficient (Wildman–Crippen LogP) is 3.38. The zero-order chi connectivity index (χ0) is 9.47. The molecule has 76 valence electrons. The quantitative estimate of drug-likeness (QED) is 0.604. The lowest BCUT2D eigenvalue weighted by atomic mass is 9.74. The standard InChI is InChI=1S/C12H22O/c1-9(2)10-5-4-6-12(3)8-11(7-10)13-12/h9-11H,4-8H2,1-3H3. The summed E-state index contributed by atoms with van der Waals surface area (Å²) in [6.45, 7) is 6.98. The lowest BCUT2D eigenvalue weighted by molar-refractivity contribution is -0.213. The van der Waals surface area contributed by atoms with E-state index in [2.05, 4.69) is 20.8 Å². The van der Waals surface area contributed by atoms with Crippen LogP contribution in [0.15, 0.2) is 0 Å². The number of hydrogen-bond acceptors (Lipinski definition) is 1. The van der Waals surface area contributed by atoms with E-state index in [1.54, 1.807) is 0 Å². The fourth-order valence-corrected chi connectivity index (χ4v) is 2.97. The van der Waals surface area contributed by atoms with Gasteiger partial charge in [-0.25, -0.2) is 0 Å². The van der Waals surface area contributed by atoms with Crippen LogP contribution in [0.1, 0.15) is 52.9 Å². The first kappa shape index (κ1) is 9.51. The van der Waals surface area contributed by atoms with Gasteiger partial charge in [0.2, 0.25) is 0 Å². The van der Waals surface area contributed by atoms with Crippen LogP contribution < -0.4 is 0 Å². The minimum atomic E-state index is 0.270. The molecule has 1 saturated carbocycles. The van der Waals surface area contributed by atoms with Crippen LogP contribution >= 0.6 is 0 Å². The van der Waals surface area contributed by atoms with Crippen LogP contribution in [-0.2, 0) is 4.74 Å². The lowest BCUT2D eigenvalue weighted by Crippen LogP contribution is -2.50. The Bertz CT molecular complexity index is 174. The SMILES string of the molecule is CC(C)C1CCCC2(C)CC(C1)O2. The Morgan fingerprint density at radius 3 is 2.69 bits per heavy atom. The lowest BCUT2D eigenvalue weighted by Gasteiger charge is -2.49. The Labute approximate surface area is 81.9 Å². The molecule has 2 heterocycles. The third-order valence-electron chi connectivity index (χ3n) is 3.90. The molecule has 3 atom stereocenters. The van der Waals surface area contributed by atoms with Gasteiger partial charge in [-0.05, 0) is 31.6 Å². The number of fused-ring (bicyclic) bond motifs is 4. The molecule has 3 aliphatic rings. The maximum atomic E-state index is 5.95. The van der Waals surface area contributed by atoms with Gasteiger partial charge in [0.05, 0.1) is 11.7 Å². The summed E-state index contributed by atoms with van der Waals surface area (Å²) in [5.74, 6) is 1.75. The second-order valence-electron chi connectivity index (χ2n) is 5.53. The first-order valence-corrected chi connectivity index (χ1v) is 5.77. The van der Waals surface area contributed by atoms with Crippen LogP contribution in [0.2, 0.25) is 0 Å².